The van der Waals surface area contributed by atoms with Crippen molar-refractivity contribution in [1.82, 2.24) is 0 Å². The summed E-state index contributed by atoms with van der Waals surface area (Å²) in [6.07, 6.45) is -5.98. The van der Waals surface area contributed by atoms with E-state index in [1.165, 1.54) is 0 Å². The fraction of sp³-hybridized carbons (Fsp3) is 0.364. The topological polar surface area (TPSA) is 77.2 Å². The molecule has 0 aromatic heterocycles. The van der Waals surface area contributed by atoms with Crippen LogP contribution in [-0.2, 0) is 9.84 Å². The molecule has 1 atom stereocenters. The van der Waals surface area contributed by atoms with Crippen molar-refractivity contribution in [3.05, 3.63) is 29.8 Å². The van der Waals surface area contributed by atoms with Crippen molar-refractivity contribution >= 4 is 15.7 Å². The maximum absolute atomic E-state index is 12.2. The van der Waals surface area contributed by atoms with E-state index in [2.05, 4.69) is 0 Å². The molecule has 1 amide bonds. The van der Waals surface area contributed by atoms with E-state index >= 15 is 0 Å². The van der Waals surface area contributed by atoms with E-state index in [4.69, 9.17) is 5.73 Å². The highest BCUT2D eigenvalue weighted by Gasteiger charge is 2.36. The molecule has 0 saturated heterocycles. The van der Waals surface area contributed by atoms with Crippen LogP contribution in [0.15, 0.2) is 29.2 Å². The van der Waals surface area contributed by atoms with Crippen molar-refractivity contribution < 1.29 is 26.4 Å². The molecule has 0 aliphatic heterocycles. The molecule has 1 aromatic carbocycles. The summed E-state index contributed by atoms with van der Waals surface area (Å²) in [5.74, 6) is -0.743. The Morgan fingerprint density at radius 2 is 1.74 bits per heavy atom. The monoisotopic (exact) mass is 295 g/mol. The van der Waals surface area contributed by atoms with E-state index in [1.54, 1.807) is 0 Å². The average molecular weight is 295 g/mol. The highest BCUT2D eigenvalue weighted by atomic mass is 32.2. The van der Waals surface area contributed by atoms with Crippen molar-refractivity contribution in [3.63, 3.8) is 0 Å². The summed E-state index contributed by atoms with van der Waals surface area (Å²) < 4.78 is 60.3. The number of nitrogens with two attached hydrogens (primary N) is 1. The lowest BCUT2D eigenvalue weighted by Crippen LogP contribution is -2.25. The van der Waals surface area contributed by atoms with Gasteiger partial charge in [0.2, 0.25) is 5.91 Å². The molecule has 0 fully saturated rings. The summed E-state index contributed by atoms with van der Waals surface area (Å²) in [5.41, 5.74) is 5.06. The molecule has 0 heterocycles. The lowest BCUT2D eigenvalue weighted by Gasteiger charge is -2.15. The molecular weight excluding hydrogens is 283 g/mol. The Morgan fingerprint density at radius 1 is 1.26 bits per heavy atom. The Kier molecular flexibility index (Phi) is 4.24. The van der Waals surface area contributed by atoms with Crippen molar-refractivity contribution in [2.45, 2.75) is 29.7 Å². The molecule has 106 valence electrons. The zero-order valence-electron chi connectivity index (χ0n) is 9.94. The highest BCUT2D eigenvalue weighted by molar-refractivity contribution is 7.92. The third kappa shape index (κ3) is 3.95. The first-order chi connectivity index (χ1) is 8.54. The Morgan fingerprint density at radius 3 is 2.11 bits per heavy atom. The van der Waals surface area contributed by atoms with E-state index in [0.29, 0.717) is 0 Å². The zero-order valence-corrected chi connectivity index (χ0v) is 10.8. The van der Waals surface area contributed by atoms with Gasteiger partial charge in [-0.05, 0) is 31.2 Å². The zero-order chi connectivity index (χ0) is 14.8. The summed E-state index contributed by atoms with van der Waals surface area (Å²) in [5, 5.41) is -1.59. The Bertz CT molecular complexity index is 564. The third-order valence-electron chi connectivity index (χ3n) is 2.52. The molecule has 1 rings (SSSR count). The van der Waals surface area contributed by atoms with Crippen molar-refractivity contribution in [1.29, 1.82) is 0 Å². The number of benzene rings is 1. The first kappa shape index (κ1) is 15.5. The van der Waals surface area contributed by atoms with Gasteiger partial charge in [0.25, 0.3) is 0 Å². The number of carbonyl (C=O) groups excluding carboxylic acids is 1. The van der Waals surface area contributed by atoms with Gasteiger partial charge >= 0.3 is 6.18 Å². The third-order valence-corrected chi connectivity index (χ3v) is 4.67. The predicted molar refractivity (Wildman–Crippen MR) is 62.3 cm³/mol. The maximum atomic E-state index is 12.2. The summed E-state index contributed by atoms with van der Waals surface area (Å²) in [6.45, 7) is 0.991. The van der Waals surface area contributed by atoms with Crippen LogP contribution >= 0.6 is 0 Å². The molecule has 0 spiro atoms. The minimum atomic E-state index is -4.56. The number of carbonyl (C=O) groups is 1. The van der Waals surface area contributed by atoms with Gasteiger partial charge in [-0.1, -0.05) is 0 Å². The van der Waals surface area contributed by atoms with E-state index in [9.17, 15) is 26.4 Å². The van der Waals surface area contributed by atoms with E-state index < -0.39 is 33.6 Å². The summed E-state index contributed by atoms with van der Waals surface area (Å²) in [4.78, 5) is 10.5. The molecule has 0 bridgehead atoms. The summed E-state index contributed by atoms with van der Waals surface area (Å²) in [6, 6.07) is 4.47. The minimum absolute atomic E-state index is 0.0856. The maximum Gasteiger partial charge on any atom is 0.390 e. The van der Waals surface area contributed by atoms with Crippen LogP contribution in [0, 0.1) is 0 Å². The van der Waals surface area contributed by atoms with Gasteiger partial charge in [-0.2, -0.15) is 13.2 Å². The van der Waals surface area contributed by atoms with Crippen LogP contribution in [0.5, 0.6) is 0 Å². The van der Waals surface area contributed by atoms with Crippen LogP contribution in [0.2, 0.25) is 0 Å². The molecule has 0 aliphatic rings. The quantitative estimate of drug-likeness (QED) is 0.921. The second-order valence-electron chi connectivity index (χ2n) is 4.06. The smallest absolute Gasteiger partial charge is 0.366 e. The lowest BCUT2D eigenvalue weighted by atomic mass is 10.2. The Balaban J connectivity index is 3.03. The van der Waals surface area contributed by atoms with Gasteiger partial charge in [0.1, 0.15) is 0 Å². The molecule has 1 aromatic rings. The number of halogens is 3. The first-order valence-corrected chi connectivity index (χ1v) is 6.79. The number of rotatable bonds is 4. The predicted octanol–water partition coefficient (Wildman–Crippen LogP) is 1.90. The van der Waals surface area contributed by atoms with Crippen molar-refractivity contribution in [3.8, 4) is 0 Å². The molecular formula is C11H12F3NO3S. The Hall–Kier alpha value is -1.57. The van der Waals surface area contributed by atoms with E-state index in [1.807, 2.05) is 0 Å². The standard InChI is InChI=1S/C11H12F3NO3S/c1-7(6-11(12,13)14)19(17,18)9-4-2-8(3-5-9)10(15)16/h2-5,7H,6H2,1H3,(H2,15,16). The molecule has 0 saturated carbocycles. The number of hydrogen-bond acceptors (Lipinski definition) is 3. The van der Waals surface area contributed by atoms with Crippen molar-refractivity contribution in [2.75, 3.05) is 0 Å². The fourth-order valence-electron chi connectivity index (χ4n) is 1.48. The van der Waals surface area contributed by atoms with Gasteiger partial charge in [-0.15, -0.1) is 0 Å². The van der Waals surface area contributed by atoms with E-state index in [0.717, 1.165) is 31.2 Å². The largest absolute Gasteiger partial charge is 0.390 e. The molecule has 0 radical (unpaired) electrons. The van der Waals surface area contributed by atoms with Gasteiger partial charge in [-0.25, -0.2) is 8.42 Å². The fourth-order valence-corrected chi connectivity index (χ4v) is 2.87. The van der Waals surface area contributed by atoms with Crippen LogP contribution in [0.1, 0.15) is 23.7 Å². The number of primary amides is 1. The van der Waals surface area contributed by atoms with Gasteiger partial charge < -0.3 is 5.73 Å². The molecule has 4 nitrogen and oxygen atoms in total. The molecule has 8 heteroatoms. The number of alkyl halides is 3. The van der Waals surface area contributed by atoms with Gasteiger partial charge in [0.15, 0.2) is 9.84 Å². The van der Waals surface area contributed by atoms with Gasteiger partial charge in [0.05, 0.1) is 16.6 Å². The number of amides is 1. The first-order valence-electron chi connectivity index (χ1n) is 5.24. The minimum Gasteiger partial charge on any atom is -0.366 e. The highest BCUT2D eigenvalue weighted by Crippen LogP contribution is 2.27. The summed E-state index contributed by atoms with van der Waals surface area (Å²) >= 11 is 0. The lowest BCUT2D eigenvalue weighted by molar-refractivity contribution is -0.133. The number of sulfone groups is 1. The number of hydrogen-bond donors (Lipinski definition) is 1. The van der Waals surface area contributed by atoms with Gasteiger partial charge in [0, 0.05) is 5.56 Å². The Labute approximate surface area is 108 Å². The molecule has 0 aliphatic carbocycles. The average Bonchev–Trinajstić information content (AvgIpc) is 2.26. The van der Waals surface area contributed by atoms with Gasteiger partial charge in [-0.3, -0.25) is 4.79 Å². The van der Waals surface area contributed by atoms with Crippen LogP contribution in [-0.4, -0.2) is 25.8 Å². The van der Waals surface area contributed by atoms with Crippen LogP contribution in [0.25, 0.3) is 0 Å². The second-order valence-corrected chi connectivity index (χ2v) is 6.43. The molecule has 19 heavy (non-hydrogen) atoms. The van der Waals surface area contributed by atoms with Crippen LogP contribution in [0.3, 0.4) is 0 Å². The van der Waals surface area contributed by atoms with E-state index in [-0.39, 0.29) is 10.5 Å². The van der Waals surface area contributed by atoms with Crippen molar-refractivity contribution in [2.24, 2.45) is 5.73 Å². The molecule has 1 unspecified atom stereocenters. The van der Waals surface area contributed by atoms with Crippen LogP contribution < -0.4 is 5.73 Å². The summed E-state index contributed by atoms with van der Waals surface area (Å²) in [7, 11) is -4.09. The SMILES string of the molecule is CC(CC(F)(F)F)S(=O)(=O)c1ccc(C(N)=O)cc1. The second kappa shape index (κ2) is 5.20. The normalized spacial score (nSPS) is 14.1. The molecule has 2 N–H and O–H groups in total. The van der Waals surface area contributed by atoms with Crippen LogP contribution in [0.4, 0.5) is 13.2 Å².